The second kappa shape index (κ2) is 6.08. The van der Waals surface area contributed by atoms with Crippen LogP contribution in [0.1, 0.15) is 40.4 Å². The van der Waals surface area contributed by atoms with Crippen LogP contribution in [0.3, 0.4) is 0 Å². The van der Waals surface area contributed by atoms with Gasteiger partial charge in [0.05, 0.1) is 17.8 Å². The van der Waals surface area contributed by atoms with Gasteiger partial charge in [-0.05, 0) is 25.0 Å². The van der Waals surface area contributed by atoms with Crippen molar-refractivity contribution < 1.29 is 4.79 Å². The minimum absolute atomic E-state index is 0.186. The van der Waals surface area contributed by atoms with E-state index in [-0.39, 0.29) is 12.5 Å². The molecule has 1 aliphatic rings. The number of hydrogen-bond acceptors (Lipinski definition) is 4. The zero-order valence-corrected chi connectivity index (χ0v) is 12.2. The molecule has 1 saturated carbocycles. The fourth-order valence-corrected chi connectivity index (χ4v) is 2.80. The van der Waals surface area contributed by atoms with Gasteiger partial charge in [-0.15, -0.1) is 11.3 Å². The zero-order valence-electron chi connectivity index (χ0n) is 11.4. The average molecular weight is 297 g/mol. The lowest BCUT2D eigenvalue weighted by Crippen LogP contribution is -2.13. The summed E-state index contributed by atoms with van der Waals surface area (Å²) in [7, 11) is 0. The number of carbonyl (C=O) groups is 1. The molecule has 1 aromatic carbocycles. The predicted molar refractivity (Wildman–Crippen MR) is 84.4 cm³/mol. The minimum Gasteiger partial charge on any atom is -0.320 e. The van der Waals surface area contributed by atoms with E-state index in [0.717, 1.165) is 5.69 Å². The van der Waals surface area contributed by atoms with Gasteiger partial charge in [-0.2, -0.15) is 0 Å². The summed E-state index contributed by atoms with van der Waals surface area (Å²) in [4.78, 5) is 16.8. The zero-order chi connectivity index (χ0) is 14.7. The van der Waals surface area contributed by atoms with Gasteiger partial charge in [-0.3, -0.25) is 10.1 Å². The van der Waals surface area contributed by atoms with Crippen LogP contribution in [0.25, 0.3) is 0 Å². The Morgan fingerprint density at radius 3 is 3.00 bits per heavy atom. The van der Waals surface area contributed by atoms with Gasteiger partial charge < -0.3 is 5.73 Å². The lowest BCUT2D eigenvalue weighted by atomic mass is 10.1. The maximum Gasteiger partial charge on any atom is 0.258 e. The van der Waals surface area contributed by atoms with Gasteiger partial charge >= 0.3 is 0 Å². The first kappa shape index (κ1) is 13.8. The van der Waals surface area contributed by atoms with Crippen LogP contribution in [0.15, 0.2) is 29.6 Å². The molecular formula is C16H15N3OS. The van der Waals surface area contributed by atoms with Gasteiger partial charge in [0.2, 0.25) is 0 Å². The number of thiazole rings is 1. The highest BCUT2D eigenvalue weighted by atomic mass is 32.1. The molecule has 0 radical (unpaired) electrons. The summed E-state index contributed by atoms with van der Waals surface area (Å²) in [5.41, 5.74) is 7.69. The first-order valence-corrected chi connectivity index (χ1v) is 7.70. The van der Waals surface area contributed by atoms with Crippen molar-refractivity contribution >= 4 is 22.4 Å². The Bertz CT molecular complexity index is 722. The minimum atomic E-state index is -0.186. The van der Waals surface area contributed by atoms with Gasteiger partial charge in [-0.25, -0.2) is 4.98 Å². The third-order valence-corrected chi connectivity index (χ3v) is 4.01. The van der Waals surface area contributed by atoms with Crippen molar-refractivity contribution in [1.82, 2.24) is 4.98 Å². The Kier molecular flexibility index (Phi) is 4.00. The molecule has 0 aliphatic heterocycles. The van der Waals surface area contributed by atoms with E-state index < -0.39 is 0 Å². The summed E-state index contributed by atoms with van der Waals surface area (Å²) in [6.07, 6.45) is 2.41. The van der Waals surface area contributed by atoms with Crippen LogP contribution >= 0.6 is 11.3 Å². The van der Waals surface area contributed by atoms with E-state index in [0.29, 0.717) is 22.2 Å². The Labute approximate surface area is 127 Å². The lowest BCUT2D eigenvalue weighted by molar-refractivity contribution is 0.102. The molecule has 0 atom stereocenters. The Morgan fingerprint density at radius 2 is 2.24 bits per heavy atom. The molecule has 1 amide bonds. The molecule has 2 aromatic rings. The number of nitrogens with zero attached hydrogens (tertiary/aromatic N) is 1. The topological polar surface area (TPSA) is 68.0 Å². The van der Waals surface area contributed by atoms with Gasteiger partial charge in [0.15, 0.2) is 5.13 Å². The lowest BCUT2D eigenvalue weighted by Gasteiger charge is -2.04. The highest BCUT2D eigenvalue weighted by molar-refractivity contribution is 7.14. The molecule has 4 nitrogen and oxygen atoms in total. The number of anilines is 1. The van der Waals surface area contributed by atoms with Crippen molar-refractivity contribution in [2.24, 2.45) is 5.73 Å². The van der Waals surface area contributed by atoms with Crippen LogP contribution in [-0.4, -0.2) is 17.4 Å². The Morgan fingerprint density at radius 1 is 1.43 bits per heavy atom. The fraction of sp³-hybridized carbons (Fsp3) is 0.250. The molecule has 21 heavy (non-hydrogen) atoms. The molecule has 1 aliphatic carbocycles. The van der Waals surface area contributed by atoms with E-state index in [1.54, 1.807) is 6.07 Å². The Balaban J connectivity index is 1.78. The molecule has 5 heteroatoms. The summed E-state index contributed by atoms with van der Waals surface area (Å²) in [6.45, 7) is 0.271. The number of amides is 1. The summed E-state index contributed by atoms with van der Waals surface area (Å²) >= 11 is 1.47. The summed E-state index contributed by atoms with van der Waals surface area (Å²) in [6, 6.07) is 7.24. The van der Waals surface area contributed by atoms with Gasteiger partial charge in [0.1, 0.15) is 0 Å². The van der Waals surface area contributed by atoms with Crippen LogP contribution < -0.4 is 11.1 Å². The predicted octanol–water partition coefficient (Wildman–Crippen LogP) is 2.58. The number of benzene rings is 1. The van der Waals surface area contributed by atoms with Crippen molar-refractivity contribution in [3.8, 4) is 11.8 Å². The first-order valence-electron chi connectivity index (χ1n) is 6.82. The van der Waals surface area contributed by atoms with E-state index in [4.69, 9.17) is 5.73 Å². The molecule has 3 rings (SSSR count). The number of nitrogens with two attached hydrogens (primary N) is 1. The average Bonchev–Trinajstić information content (AvgIpc) is 3.26. The third-order valence-electron chi connectivity index (χ3n) is 3.23. The summed E-state index contributed by atoms with van der Waals surface area (Å²) in [5, 5.41) is 5.51. The molecule has 1 aromatic heterocycles. The highest BCUT2D eigenvalue weighted by Gasteiger charge is 2.26. The van der Waals surface area contributed by atoms with Crippen molar-refractivity contribution in [1.29, 1.82) is 0 Å². The second-order valence-corrected chi connectivity index (χ2v) is 5.72. The molecule has 106 valence electrons. The number of hydrogen-bond donors (Lipinski definition) is 2. The maximum absolute atomic E-state index is 12.3. The van der Waals surface area contributed by atoms with E-state index in [2.05, 4.69) is 22.1 Å². The highest BCUT2D eigenvalue weighted by Crippen LogP contribution is 2.40. The molecule has 3 N–H and O–H groups in total. The smallest absolute Gasteiger partial charge is 0.258 e. The second-order valence-electron chi connectivity index (χ2n) is 4.86. The van der Waals surface area contributed by atoms with Crippen molar-refractivity contribution in [3.05, 3.63) is 46.5 Å². The van der Waals surface area contributed by atoms with E-state index in [9.17, 15) is 4.79 Å². The molecule has 0 bridgehead atoms. The number of nitrogens with one attached hydrogen (secondary N) is 1. The SMILES string of the molecule is NCC#Cc1ccccc1C(=O)Nc1nc(C2CC2)cs1. The van der Waals surface area contributed by atoms with Gasteiger partial charge in [0.25, 0.3) is 5.91 Å². The van der Waals surface area contributed by atoms with Crippen LogP contribution in [0, 0.1) is 11.8 Å². The van der Waals surface area contributed by atoms with Crippen LogP contribution in [0.2, 0.25) is 0 Å². The Hall–Kier alpha value is -2.16. The maximum atomic E-state index is 12.3. The molecule has 0 spiro atoms. The van der Waals surface area contributed by atoms with Crippen molar-refractivity contribution in [3.63, 3.8) is 0 Å². The van der Waals surface area contributed by atoms with E-state index >= 15 is 0 Å². The van der Waals surface area contributed by atoms with Crippen LogP contribution in [0.5, 0.6) is 0 Å². The molecule has 0 unspecified atom stereocenters. The molecule has 1 heterocycles. The monoisotopic (exact) mass is 297 g/mol. The van der Waals surface area contributed by atoms with Crippen molar-refractivity contribution in [2.75, 3.05) is 11.9 Å². The largest absolute Gasteiger partial charge is 0.320 e. The number of carbonyl (C=O) groups excluding carboxylic acids is 1. The van der Waals surface area contributed by atoms with Crippen molar-refractivity contribution in [2.45, 2.75) is 18.8 Å². The third kappa shape index (κ3) is 3.30. The number of rotatable bonds is 3. The summed E-state index contributed by atoms with van der Waals surface area (Å²) < 4.78 is 0. The van der Waals surface area contributed by atoms with Crippen LogP contribution in [0.4, 0.5) is 5.13 Å². The first-order chi connectivity index (χ1) is 10.3. The standard InChI is InChI=1S/C16H15N3OS/c17-9-3-5-11-4-1-2-6-13(11)15(20)19-16-18-14(10-21-16)12-7-8-12/h1-2,4,6,10,12H,7-9,17H2,(H,18,19,20). The van der Waals surface area contributed by atoms with E-state index in [1.165, 1.54) is 24.2 Å². The normalized spacial score (nSPS) is 13.4. The van der Waals surface area contributed by atoms with Gasteiger partial charge in [-0.1, -0.05) is 24.0 Å². The van der Waals surface area contributed by atoms with Crippen LogP contribution in [-0.2, 0) is 0 Å². The molecule has 1 fully saturated rings. The quantitative estimate of drug-likeness (QED) is 0.856. The number of aromatic nitrogens is 1. The molecule has 0 saturated heterocycles. The van der Waals surface area contributed by atoms with E-state index in [1.807, 2.05) is 23.6 Å². The van der Waals surface area contributed by atoms with Gasteiger partial charge in [0, 0.05) is 16.9 Å². The summed E-state index contributed by atoms with van der Waals surface area (Å²) in [5.74, 6) is 6.10. The fourth-order valence-electron chi connectivity index (χ4n) is 2.01. The molecular weight excluding hydrogens is 282 g/mol.